The second-order valence-electron chi connectivity index (χ2n) is 4.78. The van der Waals surface area contributed by atoms with Crippen molar-refractivity contribution in [2.45, 2.75) is 27.7 Å². The van der Waals surface area contributed by atoms with Gasteiger partial charge in [0.2, 0.25) is 0 Å². The summed E-state index contributed by atoms with van der Waals surface area (Å²) in [5.74, 6) is 0.801. The lowest BCUT2D eigenvalue weighted by atomic mass is 10.0. The van der Waals surface area contributed by atoms with Crippen molar-refractivity contribution in [2.24, 2.45) is 5.41 Å². The first-order chi connectivity index (χ1) is 7.33. The number of anilines is 1. The quantitative estimate of drug-likeness (QED) is 0.574. The number of ether oxygens (including phenoxy) is 1. The Kier molecular flexibility index (Phi) is 9.37. The standard InChI is InChI=1S/C7H9NO.C5H12.C2H4/c1-9-7-4-2-3-6(8)5-7;1-5(2,3)4;1-2/h2-5H,8H2,1H3;1-4H3;1-2H2. The molecule has 0 fully saturated rings. The van der Waals surface area contributed by atoms with Crippen LogP contribution in [-0.4, -0.2) is 7.11 Å². The van der Waals surface area contributed by atoms with Gasteiger partial charge in [0.1, 0.15) is 5.75 Å². The molecule has 0 unspecified atom stereocenters. The van der Waals surface area contributed by atoms with E-state index in [0.29, 0.717) is 5.41 Å². The third-order valence-electron chi connectivity index (χ3n) is 1.09. The Hall–Kier alpha value is -1.44. The number of nitrogens with two attached hydrogens (primary N) is 1. The molecule has 0 amide bonds. The van der Waals surface area contributed by atoms with Crippen LogP contribution >= 0.6 is 0 Å². The molecule has 0 bridgehead atoms. The van der Waals surface area contributed by atoms with E-state index >= 15 is 0 Å². The second kappa shape index (κ2) is 8.84. The van der Waals surface area contributed by atoms with Gasteiger partial charge in [0.05, 0.1) is 7.11 Å². The van der Waals surface area contributed by atoms with E-state index in [0.717, 1.165) is 11.4 Å². The lowest BCUT2D eigenvalue weighted by Crippen LogP contribution is -1.93. The highest BCUT2D eigenvalue weighted by molar-refractivity contribution is 5.43. The highest BCUT2D eigenvalue weighted by atomic mass is 16.5. The first-order valence-corrected chi connectivity index (χ1v) is 5.22. The van der Waals surface area contributed by atoms with Crippen LogP contribution in [0, 0.1) is 5.41 Å². The van der Waals surface area contributed by atoms with Crippen LogP contribution in [0.1, 0.15) is 27.7 Å². The first kappa shape index (κ1) is 17.0. The topological polar surface area (TPSA) is 35.2 Å². The summed E-state index contributed by atoms with van der Waals surface area (Å²) in [7, 11) is 1.62. The molecule has 2 heteroatoms. The highest BCUT2D eigenvalue weighted by Gasteiger charge is 1.95. The molecule has 0 saturated heterocycles. The zero-order valence-electron chi connectivity index (χ0n) is 11.2. The van der Waals surface area contributed by atoms with E-state index in [1.165, 1.54) is 0 Å². The van der Waals surface area contributed by atoms with Gasteiger partial charge in [-0.1, -0.05) is 33.8 Å². The monoisotopic (exact) mass is 223 g/mol. The zero-order valence-corrected chi connectivity index (χ0v) is 11.2. The van der Waals surface area contributed by atoms with Gasteiger partial charge < -0.3 is 10.5 Å². The molecule has 16 heavy (non-hydrogen) atoms. The van der Waals surface area contributed by atoms with Crippen LogP contribution in [0.15, 0.2) is 37.4 Å². The normalized spacial score (nSPS) is 9.06. The summed E-state index contributed by atoms with van der Waals surface area (Å²) >= 11 is 0. The predicted octanol–water partition coefficient (Wildman–Crippen LogP) is 4.13. The molecule has 1 rings (SSSR count). The average molecular weight is 223 g/mol. The minimum atomic E-state index is 0.500. The molecule has 0 aliphatic heterocycles. The van der Waals surface area contributed by atoms with Crippen molar-refractivity contribution in [1.82, 2.24) is 0 Å². The molecule has 0 spiro atoms. The summed E-state index contributed by atoms with van der Waals surface area (Å²) in [5.41, 5.74) is 6.69. The molecule has 1 aromatic carbocycles. The highest BCUT2D eigenvalue weighted by Crippen LogP contribution is 2.12. The number of nitrogen functional groups attached to an aromatic ring is 1. The van der Waals surface area contributed by atoms with Crippen molar-refractivity contribution in [2.75, 3.05) is 12.8 Å². The van der Waals surface area contributed by atoms with Crippen LogP contribution in [0.25, 0.3) is 0 Å². The zero-order chi connectivity index (χ0) is 13.2. The molecule has 0 aliphatic carbocycles. The third-order valence-corrected chi connectivity index (χ3v) is 1.09. The largest absolute Gasteiger partial charge is 0.497 e. The molecule has 0 saturated carbocycles. The fourth-order valence-corrected chi connectivity index (χ4v) is 0.642. The van der Waals surface area contributed by atoms with Crippen LogP contribution in [0.4, 0.5) is 5.69 Å². The smallest absolute Gasteiger partial charge is 0.120 e. The fraction of sp³-hybridized carbons (Fsp3) is 0.429. The summed E-state index contributed by atoms with van der Waals surface area (Å²) in [6.07, 6.45) is 0. The molecular formula is C14H25NO. The molecule has 0 radical (unpaired) electrons. The van der Waals surface area contributed by atoms with E-state index < -0.39 is 0 Å². The molecular weight excluding hydrogens is 198 g/mol. The summed E-state index contributed by atoms with van der Waals surface area (Å²) in [6, 6.07) is 7.31. The lowest BCUT2D eigenvalue weighted by molar-refractivity contribution is 0.415. The van der Waals surface area contributed by atoms with Gasteiger partial charge in [-0.15, -0.1) is 13.2 Å². The van der Waals surface area contributed by atoms with Crippen molar-refractivity contribution in [3.05, 3.63) is 37.4 Å². The Bertz CT molecular complexity index is 270. The maximum absolute atomic E-state index is 5.45. The van der Waals surface area contributed by atoms with Crippen LogP contribution in [0.5, 0.6) is 5.75 Å². The van der Waals surface area contributed by atoms with Crippen molar-refractivity contribution < 1.29 is 4.74 Å². The molecule has 0 atom stereocenters. The van der Waals surface area contributed by atoms with Crippen LogP contribution in [-0.2, 0) is 0 Å². The molecule has 2 N–H and O–H groups in total. The minimum absolute atomic E-state index is 0.500. The Morgan fingerprint density at radius 2 is 1.56 bits per heavy atom. The molecule has 0 heterocycles. The number of rotatable bonds is 1. The van der Waals surface area contributed by atoms with E-state index in [4.69, 9.17) is 10.5 Å². The molecule has 1 aromatic rings. The lowest BCUT2D eigenvalue weighted by Gasteiger charge is -2.05. The van der Waals surface area contributed by atoms with Crippen molar-refractivity contribution in [1.29, 1.82) is 0 Å². The number of benzene rings is 1. The molecule has 0 aromatic heterocycles. The number of hydrogen-bond donors (Lipinski definition) is 1. The van der Waals surface area contributed by atoms with Crippen molar-refractivity contribution in [3.8, 4) is 5.75 Å². The summed E-state index contributed by atoms with van der Waals surface area (Å²) < 4.78 is 4.92. The van der Waals surface area contributed by atoms with Gasteiger partial charge in [-0.25, -0.2) is 0 Å². The Morgan fingerprint density at radius 3 is 1.81 bits per heavy atom. The Morgan fingerprint density at radius 1 is 1.12 bits per heavy atom. The molecule has 0 aliphatic rings. The van der Waals surface area contributed by atoms with Crippen LogP contribution in [0.3, 0.4) is 0 Å². The van der Waals surface area contributed by atoms with E-state index in [1.54, 1.807) is 13.2 Å². The van der Waals surface area contributed by atoms with E-state index in [9.17, 15) is 0 Å². The van der Waals surface area contributed by atoms with Gasteiger partial charge in [0.15, 0.2) is 0 Å². The fourth-order valence-electron chi connectivity index (χ4n) is 0.642. The Balaban J connectivity index is 0. The van der Waals surface area contributed by atoms with Gasteiger partial charge in [-0.05, 0) is 17.5 Å². The Labute approximate surface area is 100 Å². The van der Waals surface area contributed by atoms with E-state index in [-0.39, 0.29) is 0 Å². The van der Waals surface area contributed by atoms with Crippen molar-refractivity contribution >= 4 is 5.69 Å². The van der Waals surface area contributed by atoms with E-state index in [2.05, 4.69) is 40.9 Å². The SMILES string of the molecule is C=C.CC(C)(C)C.COc1cccc(N)c1. The number of hydrogen-bond acceptors (Lipinski definition) is 2. The van der Waals surface area contributed by atoms with Gasteiger partial charge >= 0.3 is 0 Å². The van der Waals surface area contributed by atoms with Gasteiger partial charge in [0.25, 0.3) is 0 Å². The second-order valence-corrected chi connectivity index (χ2v) is 4.78. The molecule has 92 valence electrons. The van der Waals surface area contributed by atoms with Crippen LogP contribution in [0.2, 0.25) is 0 Å². The maximum Gasteiger partial charge on any atom is 0.120 e. The summed E-state index contributed by atoms with van der Waals surface area (Å²) in [4.78, 5) is 0. The van der Waals surface area contributed by atoms with Crippen molar-refractivity contribution in [3.63, 3.8) is 0 Å². The van der Waals surface area contributed by atoms with Gasteiger partial charge in [0, 0.05) is 11.8 Å². The summed E-state index contributed by atoms with van der Waals surface area (Å²) in [6.45, 7) is 14.8. The number of methoxy groups -OCH3 is 1. The molecule has 2 nitrogen and oxygen atoms in total. The first-order valence-electron chi connectivity index (χ1n) is 5.22. The van der Waals surface area contributed by atoms with E-state index in [1.807, 2.05) is 18.2 Å². The van der Waals surface area contributed by atoms with Gasteiger partial charge in [-0.2, -0.15) is 0 Å². The maximum atomic E-state index is 5.45. The van der Waals surface area contributed by atoms with Crippen LogP contribution < -0.4 is 10.5 Å². The predicted molar refractivity (Wildman–Crippen MR) is 73.8 cm³/mol. The van der Waals surface area contributed by atoms with Gasteiger partial charge in [-0.3, -0.25) is 0 Å². The third kappa shape index (κ3) is 15.1. The minimum Gasteiger partial charge on any atom is -0.497 e. The summed E-state index contributed by atoms with van der Waals surface area (Å²) in [5, 5.41) is 0. The average Bonchev–Trinajstić information content (AvgIpc) is 2.18.